The first-order valence-corrected chi connectivity index (χ1v) is 9.32. The Bertz CT molecular complexity index is 633. The Morgan fingerprint density at radius 2 is 1.92 bits per heavy atom. The molecule has 1 saturated heterocycles. The van der Waals surface area contributed by atoms with E-state index in [2.05, 4.69) is 10.2 Å². The Morgan fingerprint density at radius 1 is 1.24 bits per heavy atom. The molecule has 2 fully saturated rings. The minimum atomic E-state index is -0.440. The fraction of sp³-hybridized carbons (Fsp3) is 0.632. The van der Waals surface area contributed by atoms with Crippen molar-refractivity contribution in [2.75, 3.05) is 19.6 Å². The second-order valence-electron chi connectivity index (χ2n) is 7.33. The summed E-state index contributed by atoms with van der Waals surface area (Å²) in [5.74, 6) is 0.292. The van der Waals surface area contributed by atoms with Gasteiger partial charge in [0.2, 0.25) is 0 Å². The summed E-state index contributed by atoms with van der Waals surface area (Å²) >= 11 is 0. The van der Waals surface area contributed by atoms with Gasteiger partial charge in [-0.1, -0.05) is 18.9 Å². The van der Waals surface area contributed by atoms with Gasteiger partial charge in [-0.2, -0.15) is 0 Å². The standard InChI is InChI=1S/C19H27N3O3/c1-14-17(7-4-8-18(14)22(24)25)19(23)20-13-15-9-11-21(12-10-15)16-5-2-3-6-16/h4,7-8,15-16H,2-3,5-6,9-13H2,1H3,(H,20,23). The van der Waals surface area contributed by atoms with Crippen LogP contribution in [0.5, 0.6) is 0 Å². The summed E-state index contributed by atoms with van der Waals surface area (Å²) < 4.78 is 0. The molecule has 0 atom stereocenters. The number of nitrogens with one attached hydrogen (secondary N) is 1. The van der Waals surface area contributed by atoms with Gasteiger partial charge in [-0.15, -0.1) is 0 Å². The van der Waals surface area contributed by atoms with E-state index in [4.69, 9.17) is 0 Å². The van der Waals surface area contributed by atoms with Crippen molar-refractivity contribution in [2.45, 2.75) is 51.5 Å². The fourth-order valence-corrected chi connectivity index (χ4v) is 4.19. The van der Waals surface area contributed by atoms with Crippen LogP contribution in [0, 0.1) is 23.0 Å². The third-order valence-corrected chi connectivity index (χ3v) is 5.79. The van der Waals surface area contributed by atoms with Crippen LogP contribution in [0.2, 0.25) is 0 Å². The van der Waals surface area contributed by atoms with E-state index in [9.17, 15) is 14.9 Å². The first kappa shape index (κ1) is 17.9. The van der Waals surface area contributed by atoms with E-state index in [1.54, 1.807) is 19.1 Å². The van der Waals surface area contributed by atoms with Gasteiger partial charge < -0.3 is 10.2 Å². The highest BCUT2D eigenvalue weighted by atomic mass is 16.6. The lowest BCUT2D eigenvalue weighted by Gasteiger charge is -2.36. The zero-order chi connectivity index (χ0) is 17.8. The van der Waals surface area contributed by atoms with Crippen molar-refractivity contribution in [3.05, 3.63) is 39.4 Å². The van der Waals surface area contributed by atoms with Crippen LogP contribution >= 0.6 is 0 Å². The van der Waals surface area contributed by atoms with Crippen molar-refractivity contribution in [2.24, 2.45) is 5.92 Å². The van der Waals surface area contributed by atoms with Crippen LogP contribution in [0.1, 0.15) is 54.4 Å². The van der Waals surface area contributed by atoms with Gasteiger partial charge in [-0.05, 0) is 57.7 Å². The maximum atomic E-state index is 12.4. The lowest BCUT2D eigenvalue weighted by atomic mass is 9.95. The zero-order valence-corrected chi connectivity index (χ0v) is 14.9. The van der Waals surface area contributed by atoms with Gasteiger partial charge in [0.05, 0.1) is 4.92 Å². The second kappa shape index (κ2) is 7.95. The highest BCUT2D eigenvalue weighted by molar-refractivity contribution is 5.96. The maximum Gasteiger partial charge on any atom is 0.273 e. The van der Waals surface area contributed by atoms with Crippen LogP contribution in [0.25, 0.3) is 0 Å². The Morgan fingerprint density at radius 3 is 2.56 bits per heavy atom. The zero-order valence-electron chi connectivity index (χ0n) is 14.9. The molecule has 25 heavy (non-hydrogen) atoms. The Balaban J connectivity index is 1.50. The molecule has 0 bridgehead atoms. The quantitative estimate of drug-likeness (QED) is 0.656. The summed E-state index contributed by atoms with van der Waals surface area (Å²) in [7, 11) is 0. The third-order valence-electron chi connectivity index (χ3n) is 5.79. The molecule has 1 aliphatic carbocycles. The molecular formula is C19H27N3O3. The van der Waals surface area contributed by atoms with E-state index >= 15 is 0 Å². The van der Waals surface area contributed by atoms with Crippen LogP contribution in [0.15, 0.2) is 18.2 Å². The van der Waals surface area contributed by atoms with E-state index < -0.39 is 4.92 Å². The van der Waals surface area contributed by atoms with Crippen LogP contribution in [-0.4, -0.2) is 41.4 Å². The van der Waals surface area contributed by atoms with Gasteiger partial charge in [0.15, 0.2) is 0 Å². The van der Waals surface area contributed by atoms with Crippen molar-refractivity contribution in [3.8, 4) is 0 Å². The van der Waals surface area contributed by atoms with Crippen LogP contribution < -0.4 is 5.32 Å². The number of likely N-dealkylation sites (tertiary alicyclic amines) is 1. The predicted molar refractivity (Wildman–Crippen MR) is 96.7 cm³/mol. The molecular weight excluding hydrogens is 318 g/mol. The number of hydrogen-bond donors (Lipinski definition) is 1. The highest BCUT2D eigenvalue weighted by Crippen LogP contribution is 2.27. The van der Waals surface area contributed by atoms with E-state index in [0.717, 1.165) is 32.0 Å². The molecule has 1 N–H and O–H groups in total. The summed E-state index contributed by atoms with van der Waals surface area (Å²) in [4.78, 5) is 25.6. The van der Waals surface area contributed by atoms with Gasteiger partial charge in [0, 0.05) is 29.8 Å². The molecule has 0 unspecified atom stereocenters. The Hall–Kier alpha value is -1.95. The van der Waals surface area contributed by atoms with Crippen molar-refractivity contribution in [1.29, 1.82) is 0 Å². The number of benzene rings is 1. The number of amides is 1. The average molecular weight is 345 g/mol. The average Bonchev–Trinajstić information content (AvgIpc) is 3.14. The summed E-state index contributed by atoms with van der Waals surface area (Å²) in [6.07, 6.45) is 7.64. The van der Waals surface area contributed by atoms with Crippen molar-refractivity contribution < 1.29 is 9.72 Å². The second-order valence-corrected chi connectivity index (χ2v) is 7.33. The molecule has 136 valence electrons. The lowest BCUT2D eigenvalue weighted by Crippen LogP contribution is -2.42. The van der Waals surface area contributed by atoms with Gasteiger partial charge in [-0.25, -0.2) is 0 Å². The molecule has 1 saturated carbocycles. The number of carbonyl (C=O) groups excluding carboxylic acids is 1. The van der Waals surface area contributed by atoms with E-state index in [1.807, 2.05) is 0 Å². The molecule has 0 spiro atoms. The number of rotatable bonds is 5. The summed E-state index contributed by atoms with van der Waals surface area (Å²) in [6, 6.07) is 5.44. The van der Waals surface area contributed by atoms with E-state index in [1.165, 1.54) is 31.7 Å². The summed E-state index contributed by atoms with van der Waals surface area (Å²) in [5, 5.41) is 14.0. The van der Waals surface area contributed by atoms with Gasteiger partial charge in [0.1, 0.15) is 0 Å². The van der Waals surface area contributed by atoms with Crippen molar-refractivity contribution in [3.63, 3.8) is 0 Å². The Labute approximate surface area is 148 Å². The first-order valence-electron chi connectivity index (χ1n) is 9.32. The molecule has 0 aromatic heterocycles. The van der Waals surface area contributed by atoms with Gasteiger partial charge in [-0.3, -0.25) is 14.9 Å². The smallest absolute Gasteiger partial charge is 0.273 e. The van der Waals surface area contributed by atoms with Gasteiger partial charge >= 0.3 is 0 Å². The molecule has 6 heteroatoms. The number of carbonyl (C=O) groups is 1. The van der Waals surface area contributed by atoms with Crippen molar-refractivity contribution >= 4 is 11.6 Å². The normalized spacial score (nSPS) is 19.9. The largest absolute Gasteiger partial charge is 0.352 e. The number of nitrogens with zero attached hydrogens (tertiary/aromatic N) is 2. The molecule has 3 rings (SSSR count). The van der Waals surface area contributed by atoms with E-state index in [-0.39, 0.29) is 11.6 Å². The fourth-order valence-electron chi connectivity index (χ4n) is 4.19. The number of piperidine rings is 1. The highest BCUT2D eigenvalue weighted by Gasteiger charge is 2.27. The van der Waals surface area contributed by atoms with Crippen LogP contribution in [0.3, 0.4) is 0 Å². The number of hydrogen-bond acceptors (Lipinski definition) is 4. The number of nitro groups is 1. The molecule has 1 heterocycles. The molecule has 6 nitrogen and oxygen atoms in total. The molecule has 0 radical (unpaired) electrons. The van der Waals surface area contributed by atoms with Gasteiger partial charge in [0.25, 0.3) is 11.6 Å². The molecule has 1 aliphatic heterocycles. The third kappa shape index (κ3) is 4.18. The van der Waals surface area contributed by atoms with E-state index in [0.29, 0.717) is 23.6 Å². The topological polar surface area (TPSA) is 75.5 Å². The summed E-state index contributed by atoms with van der Waals surface area (Å²) in [6.45, 7) is 4.54. The first-order chi connectivity index (χ1) is 12.1. The minimum absolute atomic E-state index is 0.00229. The molecule has 1 aromatic rings. The summed E-state index contributed by atoms with van der Waals surface area (Å²) in [5.41, 5.74) is 0.830. The molecule has 2 aliphatic rings. The number of nitro benzene ring substituents is 1. The van der Waals surface area contributed by atoms with Crippen LogP contribution in [0.4, 0.5) is 5.69 Å². The molecule has 1 aromatic carbocycles. The molecule has 1 amide bonds. The SMILES string of the molecule is Cc1c(C(=O)NCC2CCN(C3CCCC3)CC2)cccc1[N+](=O)[O-]. The predicted octanol–water partition coefficient (Wildman–Crippen LogP) is 3.29. The van der Waals surface area contributed by atoms with Crippen LogP contribution in [-0.2, 0) is 0 Å². The lowest BCUT2D eigenvalue weighted by molar-refractivity contribution is -0.385. The Kier molecular flexibility index (Phi) is 5.68. The van der Waals surface area contributed by atoms with Crippen molar-refractivity contribution in [1.82, 2.24) is 10.2 Å². The minimum Gasteiger partial charge on any atom is -0.352 e. The maximum absolute atomic E-state index is 12.4. The monoisotopic (exact) mass is 345 g/mol.